The van der Waals surface area contributed by atoms with Gasteiger partial charge in [0.2, 0.25) is 0 Å². The Morgan fingerprint density at radius 3 is 2.56 bits per heavy atom. The Kier molecular flexibility index (Phi) is 2.93. The van der Waals surface area contributed by atoms with E-state index < -0.39 is 18.6 Å². The van der Waals surface area contributed by atoms with Gasteiger partial charge in [-0.25, -0.2) is 0 Å². The fraction of sp³-hybridized carbons (Fsp3) is 0.500. The molecule has 0 aromatic heterocycles. The zero-order valence-electron chi connectivity index (χ0n) is 8.80. The lowest BCUT2D eigenvalue weighted by atomic mass is 10.00. The molecule has 2 rings (SSSR count). The van der Waals surface area contributed by atoms with Gasteiger partial charge >= 0.3 is 6.18 Å². The fourth-order valence-electron chi connectivity index (χ4n) is 1.83. The monoisotopic (exact) mass is 229 g/mol. The van der Waals surface area contributed by atoms with Crippen molar-refractivity contribution in [1.29, 1.82) is 0 Å². The first-order valence-corrected chi connectivity index (χ1v) is 5.38. The normalized spacial score (nSPS) is 18.5. The van der Waals surface area contributed by atoms with Gasteiger partial charge < -0.3 is 5.73 Å². The molecule has 1 atom stereocenters. The minimum absolute atomic E-state index is 0.540. The summed E-state index contributed by atoms with van der Waals surface area (Å²) in [6, 6.07) is 6.29. The molecule has 0 aliphatic heterocycles. The van der Waals surface area contributed by atoms with E-state index in [-0.39, 0.29) is 0 Å². The van der Waals surface area contributed by atoms with E-state index in [1.807, 2.05) is 12.1 Å². The van der Waals surface area contributed by atoms with Gasteiger partial charge in [-0.1, -0.05) is 24.3 Å². The molecule has 1 aliphatic carbocycles. The van der Waals surface area contributed by atoms with E-state index in [1.54, 1.807) is 12.1 Å². The van der Waals surface area contributed by atoms with Gasteiger partial charge in [-0.05, 0) is 29.9 Å². The van der Waals surface area contributed by atoms with Crippen LogP contribution < -0.4 is 5.73 Å². The van der Waals surface area contributed by atoms with Crippen LogP contribution in [0.4, 0.5) is 13.2 Å². The summed E-state index contributed by atoms with van der Waals surface area (Å²) in [6.45, 7) is 0. The van der Waals surface area contributed by atoms with E-state index >= 15 is 0 Å². The molecule has 0 heterocycles. The van der Waals surface area contributed by atoms with E-state index in [0.717, 1.165) is 18.4 Å². The van der Waals surface area contributed by atoms with Gasteiger partial charge in [0.25, 0.3) is 0 Å². The highest BCUT2D eigenvalue weighted by Gasteiger charge is 2.31. The van der Waals surface area contributed by atoms with Crippen LogP contribution in [0, 0.1) is 0 Å². The molecule has 0 radical (unpaired) electrons. The Morgan fingerprint density at radius 1 is 1.31 bits per heavy atom. The third-order valence-electron chi connectivity index (χ3n) is 2.84. The average molecular weight is 229 g/mol. The maximum Gasteiger partial charge on any atom is 0.390 e. The van der Waals surface area contributed by atoms with Gasteiger partial charge in [0.1, 0.15) is 0 Å². The van der Waals surface area contributed by atoms with Crippen molar-refractivity contribution in [3.63, 3.8) is 0 Å². The summed E-state index contributed by atoms with van der Waals surface area (Å²) in [7, 11) is 0. The zero-order valence-corrected chi connectivity index (χ0v) is 8.80. The highest BCUT2D eigenvalue weighted by molar-refractivity contribution is 5.30. The minimum atomic E-state index is -4.20. The van der Waals surface area contributed by atoms with Gasteiger partial charge in [-0.2, -0.15) is 13.2 Å². The molecule has 1 aromatic carbocycles. The predicted octanol–water partition coefficient (Wildman–Crippen LogP) is 3.52. The summed E-state index contributed by atoms with van der Waals surface area (Å²) in [6.07, 6.45) is -2.88. The SMILES string of the molecule is NC(CC(F)(F)F)c1cccc(C2CC2)c1. The summed E-state index contributed by atoms with van der Waals surface area (Å²) in [4.78, 5) is 0. The van der Waals surface area contributed by atoms with Crippen LogP contribution in [0.25, 0.3) is 0 Å². The second-order valence-electron chi connectivity index (χ2n) is 4.37. The first kappa shape index (κ1) is 11.5. The number of rotatable bonds is 3. The molecule has 1 aliphatic rings. The Morgan fingerprint density at radius 2 is 2.00 bits per heavy atom. The van der Waals surface area contributed by atoms with Gasteiger partial charge in [0.05, 0.1) is 6.42 Å². The highest BCUT2D eigenvalue weighted by Crippen LogP contribution is 2.40. The molecule has 0 amide bonds. The topological polar surface area (TPSA) is 26.0 Å². The molecule has 0 saturated heterocycles. The van der Waals surface area contributed by atoms with E-state index in [1.165, 1.54) is 0 Å². The van der Waals surface area contributed by atoms with Crippen LogP contribution in [-0.2, 0) is 0 Å². The second-order valence-corrected chi connectivity index (χ2v) is 4.37. The molecule has 0 bridgehead atoms. The minimum Gasteiger partial charge on any atom is -0.324 e. The molecule has 88 valence electrons. The summed E-state index contributed by atoms with van der Waals surface area (Å²) in [5.74, 6) is 0.540. The van der Waals surface area contributed by atoms with Crippen LogP contribution >= 0.6 is 0 Å². The number of nitrogens with two attached hydrogens (primary N) is 1. The molecule has 1 unspecified atom stereocenters. The molecular formula is C12H14F3N. The van der Waals surface area contributed by atoms with Crippen molar-refractivity contribution in [1.82, 2.24) is 0 Å². The maximum absolute atomic E-state index is 12.2. The van der Waals surface area contributed by atoms with E-state index in [9.17, 15) is 13.2 Å². The Labute approximate surface area is 92.5 Å². The Bertz CT molecular complexity index is 369. The molecule has 1 nitrogen and oxygen atoms in total. The summed E-state index contributed by atoms with van der Waals surface area (Å²) >= 11 is 0. The van der Waals surface area contributed by atoms with Crippen LogP contribution in [0.3, 0.4) is 0 Å². The molecule has 16 heavy (non-hydrogen) atoms. The van der Waals surface area contributed by atoms with E-state index in [4.69, 9.17) is 5.73 Å². The van der Waals surface area contributed by atoms with Gasteiger partial charge in [-0.3, -0.25) is 0 Å². The molecule has 2 N–H and O–H groups in total. The number of alkyl halides is 3. The zero-order chi connectivity index (χ0) is 11.8. The van der Waals surface area contributed by atoms with E-state index in [0.29, 0.717) is 11.5 Å². The van der Waals surface area contributed by atoms with Crippen LogP contribution in [0.2, 0.25) is 0 Å². The Balaban J connectivity index is 2.10. The molecule has 4 heteroatoms. The number of halogens is 3. The van der Waals surface area contributed by atoms with Crippen molar-refractivity contribution in [2.75, 3.05) is 0 Å². The molecule has 1 aromatic rings. The van der Waals surface area contributed by atoms with Crippen molar-refractivity contribution in [3.05, 3.63) is 35.4 Å². The van der Waals surface area contributed by atoms with Gasteiger partial charge in [-0.15, -0.1) is 0 Å². The lowest BCUT2D eigenvalue weighted by Crippen LogP contribution is -2.20. The van der Waals surface area contributed by atoms with E-state index in [2.05, 4.69) is 0 Å². The lowest BCUT2D eigenvalue weighted by Gasteiger charge is -2.15. The third kappa shape index (κ3) is 2.98. The summed E-state index contributed by atoms with van der Waals surface area (Å²) in [5, 5.41) is 0. The second kappa shape index (κ2) is 4.09. The van der Waals surface area contributed by atoms with Crippen molar-refractivity contribution in [3.8, 4) is 0 Å². The van der Waals surface area contributed by atoms with Crippen LogP contribution in [0.5, 0.6) is 0 Å². The van der Waals surface area contributed by atoms with Crippen LogP contribution in [0.1, 0.15) is 42.3 Å². The standard InChI is InChI=1S/C12H14F3N/c13-12(14,15)7-11(16)10-3-1-2-9(6-10)8-4-5-8/h1-3,6,8,11H,4-5,7,16H2. The quantitative estimate of drug-likeness (QED) is 0.843. The summed E-state index contributed by atoms with van der Waals surface area (Å²) < 4.78 is 36.5. The highest BCUT2D eigenvalue weighted by atomic mass is 19.4. The first-order chi connectivity index (χ1) is 7.46. The third-order valence-corrected chi connectivity index (χ3v) is 2.84. The van der Waals surface area contributed by atoms with Crippen LogP contribution in [0.15, 0.2) is 24.3 Å². The number of hydrogen-bond donors (Lipinski definition) is 1. The number of hydrogen-bond acceptors (Lipinski definition) is 1. The molecule has 0 spiro atoms. The average Bonchev–Trinajstić information content (AvgIpc) is 2.98. The smallest absolute Gasteiger partial charge is 0.324 e. The number of benzene rings is 1. The molecule has 1 saturated carbocycles. The van der Waals surface area contributed by atoms with Crippen molar-refractivity contribution < 1.29 is 13.2 Å². The van der Waals surface area contributed by atoms with Crippen LogP contribution in [-0.4, -0.2) is 6.18 Å². The first-order valence-electron chi connectivity index (χ1n) is 5.38. The van der Waals surface area contributed by atoms with Gasteiger partial charge in [0.15, 0.2) is 0 Å². The van der Waals surface area contributed by atoms with Crippen molar-refractivity contribution >= 4 is 0 Å². The van der Waals surface area contributed by atoms with Crippen molar-refractivity contribution in [2.45, 2.75) is 37.4 Å². The summed E-state index contributed by atoms with van der Waals surface area (Å²) in [5.41, 5.74) is 7.26. The molecule has 1 fully saturated rings. The lowest BCUT2D eigenvalue weighted by molar-refractivity contribution is -0.138. The van der Waals surface area contributed by atoms with Crippen molar-refractivity contribution in [2.24, 2.45) is 5.73 Å². The van der Waals surface area contributed by atoms with Gasteiger partial charge in [0, 0.05) is 6.04 Å². The Hall–Kier alpha value is -1.03. The fourth-order valence-corrected chi connectivity index (χ4v) is 1.83. The molecular weight excluding hydrogens is 215 g/mol. The maximum atomic E-state index is 12.2. The predicted molar refractivity (Wildman–Crippen MR) is 56.0 cm³/mol. The largest absolute Gasteiger partial charge is 0.390 e.